The maximum atomic E-state index is 6.04. The molecule has 0 spiro atoms. The van der Waals surface area contributed by atoms with E-state index in [0.29, 0.717) is 0 Å². The van der Waals surface area contributed by atoms with E-state index in [1.54, 1.807) is 11.3 Å². The Bertz CT molecular complexity index is 505. The van der Waals surface area contributed by atoms with Gasteiger partial charge in [0.25, 0.3) is 0 Å². The number of nitrogens with zero attached hydrogens (tertiary/aromatic N) is 1. The van der Waals surface area contributed by atoms with Gasteiger partial charge in [-0.15, -0.1) is 0 Å². The molecule has 0 amide bonds. The Hall–Kier alpha value is -0.360. The molecule has 0 bridgehead atoms. The average molecular weight is 348 g/mol. The van der Waals surface area contributed by atoms with Crippen LogP contribution in [0.1, 0.15) is 24.5 Å². The van der Waals surface area contributed by atoms with E-state index in [9.17, 15) is 0 Å². The summed E-state index contributed by atoms with van der Waals surface area (Å²) in [5, 5.41) is 0.917. The molecule has 88 valence electrons. The van der Waals surface area contributed by atoms with Crippen LogP contribution in [0.5, 0.6) is 0 Å². The predicted molar refractivity (Wildman–Crippen MR) is 66.2 cm³/mol. The molecule has 0 aliphatic rings. The molecule has 0 radical (unpaired) electrons. The summed E-state index contributed by atoms with van der Waals surface area (Å²) in [6, 6.07) is 4.44. The summed E-state index contributed by atoms with van der Waals surface area (Å²) in [4.78, 5) is 0. The van der Waals surface area contributed by atoms with Gasteiger partial charge < -0.3 is 24.0 Å². The van der Waals surface area contributed by atoms with Crippen molar-refractivity contribution < 1.29 is 28.5 Å². The van der Waals surface area contributed by atoms with Crippen LogP contribution in [0.3, 0.4) is 0 Å². The highest BCUT2D eigenvalue weighted by Crippen LogP contribution is 2.26. The minimum Gasteiger partial charge on any atom is -1.00 e. The molecule has 0 aliphatic heterocycles. The molecule has 1 heterocycles. The fraction of sp³-hybridized carbons (Fsp3) is 0.417. The summed E-state index contributed by atoms with van der Waals surface area (Å²) in [6.07, 6.45) is 1.12. The van der Waals surface area contributed by atoms with E-state index in [1.807, 2.05) is 0 Å². The first-order valence-corrected chi connectivity index (χ1v) is 6.14. The van der Waals surface area contributed by atoms with Crippen molar-refractivity contribution >= 4 is 26.7 Å². The van der Waals surface area contributed by atoms with Gasteiger partial charge in [0, 0.05) is 0 Å². The molecular formula is C12H17IN2S. The molecule has 0 atom stereocenters. The molecule has 2 rings (SSSR count). The standard InChI is InChI=1S/C12H16N2S.HI/c1-4-5-14-10-7-8(2)6-9(3)11(10)15-12(14)13;/h6-7,13H,4-5H2,1-3H3;1H. The molecule has 16 heavy (non-hydrogen) atoms. The summed E-state index contributed by atoms with van der Waals surface area (Å²) in [6.45, 7) is 7.48. The number of hydrogen-bond acceptors (Lipinski definition) is 2. The Labute approximate surface area is 117 Å². The molecule has 0 unspecified atom stereocenters. The summed E-state index contributed by atoms with van der Waals surface area (Å²) in [7, 11) is 0. The molecule has 0 aliphatic carbocycles. The van der Waals surface area contributed by atoms with Crippen molar-refractivity contribution in [2.24, 2.45) is 0 Å². The molecule has 2 N–H and O–H groups in total. The largest absolute Gasteiger partial charge is 1.00 e. The smallest absolute Gasteiger partial charge is 0.332 e. The Morgan fingerprint density at radius 1 is 1.31 bits per heavy atom. The normalized spacial score (nSPS) is 10.4. The molecule has 1 aromatic heterocycles. The highest BCUT2D eigenvalue weighted by atomic mass is 127. The molecule has 2 aromatic rings. The van der Waals surface area contributed by atoms with Crippen molar-refractivity contribution in [3.63, 3.8) is 0 Å². The molecule has 4 heteroatoms. The van der Waals surface area contributed by atoms with E-state index in [1.165, 1.54) is 21.3 Å². The monoisotopic (exact) mass is 348 g/mol. The summed E-state index contributed by atoms with van der Waals surface area (Å²) >= 11 is 1.69. The van der Waals surface area contributed by atoms with Gasteiger partial charge in [-0.25, -0.2) is 4.57 Å². The number of nitrogens with two attached hydrogens (primary N) is 1. The lowest BCUT2D eigenvalue weighted by Gasteiger charge is -1.99. The highest BCUT2D eigenvalue weighted by Gasteiger charge is 2.15. The van der Waals surface area contributed by atoms with Crippen LogP contribution in [-0.4, -0.2) is 0 Å². The second-order valence-corrected chi connectivity index (χ2v) is 5.05. The topological polar surface area (TPSA) is 29.9 Å². The van der Waals surface area contributed by atoms with Crippen molar-refractivity contribution in [1.82, 2.24) is 0 Å². The third-order valence-electron chi connectivity index (χ3n) is 2.61. The highest BCUT2D eigenvalue weighted by molar-refractivity contribution is 7.21. The second-order valence-electron chi connectivity index (χ2n) is 4.02. The van der Waals surface area contributed by atoms with Crippen LogP contribution in [0.2, 0.25) is 0 Å². The van der Waals surface area contributed by atoms with Gasteiger partial charge in [0.2, 0.25) is 0 Å². The number of aryl methyl sites for hydroxylation is 3. The minimum absolute atomic E-state index is 0. The van der Waals surface area contributed by atoms with E-state index in [4.69, 9.17) is 5.73 Å². The van der Waals surface area contributed by atoms with Crippen LogP contribution in [0.15, 0.2) is 12.1 Å². The van der Waals surface area contributed by atoms with Crippen molar-refractivity contribution in [3.8, 4) is 0 Å². The fourth-order valence-electron chi connectivity index (χ4n) is 2.00. The number of anilines is 1. The number of fused-ring (bicyclic) bond motifs is 1. The first-order chi connectivity index (χ1) is 7.13. The summed E-state index contributed by atoms with van der Waals surface area (Å²) < 4.78 is 3.55. The maximum absolute atomic E-state index is 6.04. The Morgan fingerprint density at radius 2 is 2.00 bits per heavy atom. The van der Waals surface area contributed by atoms with Gasteiger partial charge in [0.05, 0.1) is 11.2 Å². The third kappa shape index (κ3) is 2.32. The lowest BCUT2D eigenvalue weighted by molar-refractivity contribution is -0.653. The van der Waals surface area contributed by atoms with E-state index < -0.39 is 0 Å². The van der Waals surface area contributed by atoms with Crippen molar-refractivity contribution in [2.45, 2.75) is 33.7 Å². The number of halogens is 1. The van der Waals surface area contributed by atoms with Crippen molar-refractivity contribution in [2.75, 3.05) is 5.73 Å². The predicted octanol–water partition coefficient (Wildman–Crippen LogP) is -0.198. The number of hydrogen-bond donors (Lipinski definition) is 1. The molecule has 0 saturated heterocycles. The Balaban J connectivity index is 0.00000128. The number of benzene rings is 1. The molecule has 2 nitrogen and oxygen atoms in total. The van der Waals surface area contributed by atoms with Crippen LogP contribution in [0, 0.1) is 13.8 Å². The Morgan fingerprint density at radius 3 is 2.62 bits per heavy atom. The van der Waals surface area contributed by atoms with Crippen LogP contribution < -0.4 is 34.3 Å². The van der Waals surface area contributed by atoms with Crippen molar-refractivity contribution in [3.05, 3.63) is 23.3 Å². The summed E-state index contributed by atoms with van der Waals surface area (Å²) in [5.74, 6) is 0. The van der Waals surface area contributed by atoms with Gasteiger partial charge in [0.15, 0.2) is 0 Å². The SMILES string of the molecule is CCC[n+]1c(N)sc2c(C)cc(C)cc21.[I-]. The first kappa shape index (κ1) is 13.7. The number of nitrogen functional groups attached to an aromatic ring is 1. The van der Waals surface area contributed by atoms with Gasteiger partial charge in [-0.2, -0.15) is 0 Å². The molecule has 1 aromatic carbocycles. The van der Waals surface area contributed by atoms with Crippen LogP contribution in [0.25, 0.3) is 10.2 Å². The van der Waals surface area contributed by atoms with Crippen LogP contribution in [0.4, 0.5) is 5.13 Å². The quantitative estimate of drug-likeness (QED) is 0.592. The number of thiazole rings is 1. The minimum atomic E-state index is 0. The number of aromatic nitrogens is 1. The van der Waals surface area contributed by atoms with E-state index in [2.05, 4.69) is 37.5 Å². The third-order valence-corrected chi connectivity index (χ3v) is 3.77. The van der Waals surface area contributed by atoms with Gasteiger partial charge in [0.1, 0.15) is 5.52 Å². The van der Waals surface area contributed by atoms with Gasteiger partial charge in [-0.1, -0.05) is 13.0 Å². The van der Waals surface area contributed by atoms with E-state index >= 15 is 0 Å². The Kier molecular flexibility index (Phi) is 4.55. The molecule has 0 saturated carbocycles. The second kappa shape index (κ2) is 5.31. The first-order valence-electron chi connectivity index (χ1n) is 5.32. The zero-order valence-corrected chi connectivity index (χ0v) is 12.9. The van der Waals surface area contributed by atoms with E-state index in [0.717, 1.165) is 18.1 Å². The summed E-state index contributed by atoms with van der Waals surface area (Å²) in [5.41, 5.74) is 9.97. The molecular weight excluding hydrogens is 331 g/mol. The maximum Gasteiger partial charge on any atom is 0.332 e. The van der Waals surface area contributed by atoms with Gasteiger partial charge >= 0.3 is 5.13 Å². The fourth-order valence-corrected chi connectivity index (χ4v) is 3.00. The van der Waals surface area contributed by atoms with Crippen molar-refractivity contribution in [1.29, 1.82) is 0 Å². The number of rotatable bonds is 2. The lowest BCUT2D eigenvalue weighted by atomic mass is 10.1. The van der Waals surface area contributed by atoms with Gasteiger partial charge in [-0.3, -0.25) is 5.73 Å². The van der Waals surface area contributed by atoms with E-state index in [-0.39, 0.29) is 24.0 Å². The lowest BCUT2D eigenvalue weighted by Crippen LogP contribution is -3.00. The van der Waals surface area contributed by atoms with Gasteiger partial charge in [-0.05, 0) is 48.8 Å². The zero-order chi connectivity index (χ0) is 11.0. The zero-order valence-electron chi connectivity index (χ0n) is 9.88. The van der Waals surface area contributed by atoms with Crippen LogP contribution >= 0.6 is 11.3 Å². The molecule has 0 fully saturated rings. The average Bonchev–Trinajstić information content (AvgIpc) is 2.46. The van der Waals surface area contributed by atoms with Crippen LogP contribution in [-0.2, 0) is 6.54 Å².